The number of aromatic nitrogens is 3. The third-order valence-electron chi connectivity index (χ3n) is 8.38. The van der Waals surface area contributed by atoms with E-state index in [-0.39, 0.29) is 0 Å². The fourth-order valence-electron chi connectivity index (χ4n) is 6.72. The molecule has 0 atom stereocenters. The van der Waals surface area contributed by atoms with Crippen LogP contribution < -0.4 is 4.74 Å². The Kier molecular flexibility index (Phi) is 3.87. The molecule has 0 N–H and O–H groups in total. The molecule has 6 aromatic carbocycles. The van der Waals surface area contributed by atoms with Gasteiger partial charge in [-0.3, -0.25) is 4.57 Å². The topological polar surface area (TPSA) is 53.1 Å². The Morgan fingerprint density at radius 1 is 0.537 bits per heavy atom. The van der Waals surface area contributed by atoms with Crippen LogP contribution in [0.3, 0.4) is 0 Å². The van der Waals surface area contributed by atoms with Gasteiger partial charge in [-0.05, 0) is 41.8 Å². The molecule has 1 aliphatic heterocycles. The van der Waals surface area contributed by atoms with Gasteiger partial charge in [-0.2, -0.15) is 0 Å². The Morgan fingerprint density at radius 3 is 2.20 bits per heavy atom. The monoisotopic (exact) mass is 525 g/mol. The van der Waals surface area contributed by atoms with Gasteiger partial charge < -0.3 is 9.15 Å². The van der Waals surface area contributed by atoms with Crippen molar-refractivity contribution in [2.75, 3.05) is 0 Å². The summed E-state index contributed by atoms with van der Waals surface area (Å²) in [6.07, 6.45) is 0. The molecule has 0 fully saturated rings. The zero-order valence-electron chi connectivity index (χ0n) is 21.6. The second-order valence-corrected chi connectivity index (χ2v) is 10.5. The fraction of sp³-hybridized carbons (Fsp3) is 0. The van der Waals surface area contributed by atoms with Crippen molar-refractivity contribution in [1.82, 2.24) is 14.5 Å². The molecule has 0 aliphatic carbocycles. The average Bonchev–Trinajstić information content (AvgIpc) is 3.58. The van der Waals surface area contributed by atoms with Crippen molar-refractivity contribution in [2.45, 2.75) is 0 Å². The Labute approximate surface area is 232 Å². The molecule has 5 heteroatoms. The Hall–Kier alpha value is -5.68. The standard InChI is InChI=1S/C36H19N3O2/c1-2-11-21-20(10-1)30-22-12-3-6-16-26(22)39(34(30)31-23-13-4-7-17-27(23)41-35(21)31)36-37-25-15-9-19-29-32(25)33(38-36)24-14-5-8-18-28(24)40-29/h1-19H. The summed E-state index contributed by atoms with van der Waals surface area (Å²) in [6, 6.07) is 39.4. The van der Waals surface area contributed by atoms with Gasteiger partial charge in [0.2, 0.25) is 5.95 Å². The minimum Gasteiger partial charge on any atom is -0.456 e. The summed E-state index contributed by atoms with van der Waals surface area (Å²) in [7, 11) is 0. The summed E-state index contributed by atoms with van der Waals surface area (Å²) in [6.45, 7) is 0. The van der Waals surface area contributed by atoms with Crippen LogP contribution in [-0.4, -0.2) is 14.5 Å². The molecule has 10 rings (SSSR count). The van der Waals surface area contributed by atoms with E-state index in [0.717, 1.165) is 82.8 Å². The molecule has 0 bridgehead atoms. The van der Waals surface area contributed by atoms with Crippen molar-refractivity contribution < 1.29 is 9.15 Å². The molecule has 0 amide bonds. The first-order valence-corrected chi connectivity index (χ1v) is 13.7. The van der Waals surface area contributed by atoms with E-state index >= 15 is 0 Å². The summed E-state index contributed by atoms with van der Waals surface area (Å²) in [5, 5.41) is 7.64. The van der Waals surface area contributed by atoms with E-state index in [1.165, 1.54) is 5.39 Å². The number of benzene rings is 6. The largest absolute Gasteiger partial charge is 0.456 e. The summed E-state index contributed by atoms with van der Waals surface area (Å²) in [5.74, 6) is 2.20. The van der Waals surface area contributed by atoms with Crippen LogP contribution in [0.4, 0.5) is 0 Å². The molecule has 0 saturated heterocycles. The van der Waals surface area contributed by atoms with Crippen molar-refractivity contribution in [1.29, 1.82) is 0 Å². The lowest BCUT2D eigenvalue weighted by Gasteiger charge is -2.21. The molecule has 190 valence electrons. The lowest BCUT2D eigenvalue weighted by atomic mass is 9.99. The van der Waals surface area contributed by atoms with Gasteiger partial charge in [0.25, 0.3) is 0 Å². The molecular formula is C36H19N3O2. The van der Waals surface area contributed by atoms with E-state index in [1.54, 1.807) is 0 Å². The number of rotatable bonds is 1. The number of hydrogen-bond acceptors (Lipinski definition) is 4. The Balaban J connectivity index is 1.47. The van der Waals surface area contributed by atoms with Crippen molar-refractivity contribution in [3.05, 3.63) is 115 Å². The number of furan rings is 1. The Bertz CT molecular complexity index is 2570. The van der Waals surface area contributed by atoms with E-state index < -0.39 is 0 Å². The molecular weight excluding hydrogens is 506 g/mol. The first kappa shape index (κ1) is 21.2. The molecule has 0 radical (unpaired) electrons. The molecule has 0 spiro atoms. The summed E-state index contributed by atoms with van der Waals surface area (Å²) < 4.78 is 15.1. The third kappa shape index (κ3) is 2.65. The van der Waals surface area contributed by atoms with Gasteiger partial charge in [0.05, 0.1) is 33.0 Å². The van der Waals surface area contributed by atoms with Crippen LogP contribution in [0.1, 0.15) is 0 Å². The maximum atomic E-state index is 6.58. The van der Waals surface area contributed by atoms with Gasteiger partial charge in [-0.15, -0.1) is 0 Å². The van der Waals surface area contributed by atoms with E-state index in [1.807, 2.05) is 48.5 Å². The van der Waals surface area contributed by atoms with Crippen LogP contribution in [0, 0.1) is 0 Å². The zero-order chi connectivity index (χ0) is 26.7. The van der Waals surface area contributed by atoms with Gasteiger partial charge >= 0.3 is 0 Å². The Morgan fingerprint density at radius 2 is 1.27 bits per heavy atom. The number of hydrogen-bond donors (Lipinski definition) is 0. The maximum Gasteiger partial charge on any atom is 0.235 e. The van der Waals surface area contributed by atoms with Gasteiger partial charge in [0, 0.05) is 27.1 Å². The van der Waals surface area contributed by atoms with Gasteiger partial charge in [0.15, 0.2) is 0 Å². The molecule has 3 aromatic heterocycles. The predicted octanol–water partition coefficient (Wildman–Crippen LogP) is 9.55. The quantitative estimate of drug-likeness (QED) is 0.214. The number of fused-ring (bicyclic) bond motifs is 12. The van der Waals surface area contributed by atoms with Crippen LogP contribution in [0.25, 0.3) is 82.6 Å². The van der Waals surface area contributed by atoms with Crippen LogP contribution in [0.2, 0.25) is 0 Å². The predicted molar refractivity (Wildman–Crippen MR) is 164 cm³/mol. The first-order chi connectivity index (χ1) is 20.3. The molecule has 1 aliphatic rings. The normalized spacial score (nSPS) is 12.6. The average molecular weight is 526 g/mol. The SMILES string of the molecule is c1ccc2c(c1)Oc1cccc3nc(-n4c5ccccc5c5c6ccccc6c6oc7ccccc7c6c54)nc-2c13. The first-order valence-electron chi connectivity index (χ1n) is 13.7. The van der Waals surface area contributed by atoms with Gasteiger partial charge in [-0.25, -0.2) is 9.97 Å². The van der Waals surface area contributed by atoms with Crippen molar-refractivity contribution >= 4 is 65.4 Å². The van der Waals surface area contributed by atoms with Crippen LogP contribution in [-0.2, 0) is 0 Å². The van der Waals surface area contributed by atoms with Crippen molar-refractivity contribution in [2.24, 2.45) is 0 Å². The third-order valence-corrected chi connectivity index (χ3v) is 8.38. The molecule has 5 nitrogen and oxygen atoms in total. The highest BCUT2D eigenvalue weighted by Crippen LogP contribution is 2.48. The molecule has 0 saturated carbocycles. The van der Waals surface area contributed by atoms with Crippen LogP contribution in [0.5, 0.6) is 11.5 Å². The summed E-state index contributed by atoms with van der Waals surface area (Å²) in [4.78, 5) is 10.5. The highest BCUT2D eigenvalue weighted by Gasteiger charge is 2.27. The lowest BCUT2D eigenvalue weighted by molar-refractivity contribution is 0.486. The molecule has 4 heterocycles. The highest BCUT2D eigenvalue weighted by molar-refractivity contribution is 6.35. The minimum atomic E-state index is 0.620. The van der Waals surface area contributed by atoms with Gasteiger partial charge in [0.1, 0.15) is 22.7 Å². The smallest absolute Gasteiger partial charge is 0.235 e. The van der Waals surface area contributed by atoms with Gasteiger partial charge in [-0.1, -0.05) is 78.9 Å². The lowest BCUT2D eigenvalue weighted by Crippen LogP contribution is -2.06. The molecule has 9 aromatic rings. The van der Waals surface area contributed by atoms with E-state index in [9.17, 15) is 0 Å². The second kappa shape index (κ2) is 7.49. The van der Waals surface area contributed by atoms with Crippen LogP contribution >= 0.6 is 0 Å². The summed E-state index contributed by atoms with van der Waals surface area (Å²) >= 11 is 0. The molecule has 0 unspecified atom stereocenters. The van der Waals surface area contributed by atoms with Crippen LogP contribution in [0.15, 0.2) is 120 Å². The second-order valence-electron chi connectivity index (χ2n) is 10.5. The van der Waals surface area contributed by atoms with E-state index in [0.29, 0.717) is 5.95 Å². The number of nitrogens with zero attached hydrogens (tertiary/aromatic N) is 3. The molecule has 41 heavy (non-hydrogen) atoms. The summed E-state index contributed by atoms with van der Waals surface area (Å²) in [5.41, 5.74) is 6.52. The van der Waals surface area contributed by atoms with E-state index in [2.05, 4.69) is 71.3 Å². The highest BCUT2D eigenvalue weighted by atomic mass is 16.5. The van der Waals surface area contributed by atoms with Crippen molar-refractivity contribution in [3.8, 4) is 28.7 Å². The number of para-hydroxylation sites is 3. The minimum absolute atomic E-state index is 0.620. The zero-order valence-corrected chi connectivity index (χ0v) is 21.6. The maximum absolute atomic E-state index is 6.58. The fourth-order valence-corrected chi connectivity index (χ4v) is 6.72. The number of ether oxygens (including phenoxy) is 1. The van der Waals surface area contributed by atoms with Crippen molar-refractivity contribution in [3.63, 3.8) is 0 Å². The van der Waals surface area contributed by atoms with E-state index in [4.69, 9.17) is 19.1 Å².